The van der Waals surface area contributed by atoms with E-state index in [9.17, 15) is 4.79 Å². The molecule has 0 atom stereocenters. The Bertz CT molecular complexity index is 429. The lowest BCUT2D eigenvalue weighted by molar-refractivity contribution is -0.119. The number of benzene rings is 1. The number of amides is 1. The van der Waals surface area contributed by atoms with Crippen molar-refractivity contribution in [1.82, 2.24) is 5.43 Å². The number of hydrazone groups is 1. The van der Waals surface area contributed by atoms with Gasteiger partial charge in [-0.1, -0.05) is 29.3 Å². The van der Waals surface area contributed by atoms with Gasteiger partial charge in [-0.15, -0.1) is 0 Å². The molecule has 0 spiro atoms. The van der Waals surface area contributed by atoms with E-state index >= 15 is 0 Å². The fourth-order valence-electron chi connectivity index (χ4n) is 1.20. The minimum atomic E-state index is -0.105. The lowest BCUT2D eigenvalue weighted by atomic mass is 10.1. The molecule has 1 N–H and O–H groups in total. The highest BCUT2D eigenvalue weighted by Crippen LogP contribution is 2.23. The Morgan fingerprint density at radius 2 is 2.07 bits per heavy atom. The Kier molecular flexibility index (Phi) is 2.44. The van der Waals surface area contributed by atoms with Gasteiger partial charge in [0.05, 0.1) is 22.2 Å². The van der Waals surface area contributed by atoms with Gasteiger partial charge in [-0.2, -0.15) is 5.10 Å². The fourth-order valence-corrected chi connectivity index (χ4v) is 1.50. The Hall–Kier alpha value is -1.06. The van der Waals surface area contributed by atoms with Crippen LogP contribution in [0.2, 0.25) is 10.0 Å². The van der Waals surface area contributed by atoms with Crippen LogP contribution in [0.3, 0.4) is 0 Å². The maximum Gasteiger partial charge on any atom is 0.246 e. The Morgan fingerprint density at radius 1 is 1.29 bits per heavy atom. The fraction of sp³-hybridized carbons (Fsp3) is 0.111. The standard InChI is InChI=1S/C9H6Cl2N2O/c10-6-2-1-5(3-7(6)11)8-4-9(14)13-12-8/h1-3H,4H2,(H,13,14). The van der Waals surface area contributed by atoms with Gasteiger partial charge >= 0.3 is 0 Å². The Balaban J connectivity index is 2.34. The lowest BCUT2D eigenvalue weighted by Crippen LogP contribution is -2.09. The van der Waals surface area contributed by atoms with Gasteiger partial charge in [-0.05, 0) is 17.7 Å². The van der Waals surface area contributed by atoms with E-state index in [1.807, 2.05) is 0 Å². The normalized spacial score (nSPS) is 15.3. The highest BCUT2D eigenvalue weighted by Gasteiger charge is 2.16. The molecule has 0 saturated carbocycles. The largest absolute Gasteiger partial charge is 0.273 e. The number of carbonyl (C=O) groups is 1. The summed E-state index contributed by atoms with van der Waals surface area (Å²) in [4.78, 5) is 10.9. The second-order valence-electron chi connectivity index (χ2n) is 2.90. The predicted octanol–water partition coefficient (Wildman–Crippen LogP) is 2.22. The lowest BCUT2D eigenvalue weighted by Gasteiger charge is -2.00. The van der Waals surface area contributed by atoms with E-state index in [1.54, 1.807) is 18.2 Å². The van der Waals surface area contributed by atoms with Crippen molar-refractivity contribution in [2.24, 2.45) is 5.10 Å². The van der Waals surface area contributed by atoms with Crippen molar-refractivity contribution in [3.05, 3.63) is 33.8 Å². The molecule has 0 aliphatic carbocycles. The third-order valence-electron chi connectivity index (χ3n) is 1.90. The summed E-state index contributed by atoms with van der Waals surface area (Å²) in [5.74, 6) is -0.105. The van der Waals surface area contributed by atoms with Crippen LogP contribution in [-0.4, -0.2) is 11.6 Å². The summed E-state index contributed by atoms with van der Waals surface area (Å²) in [5, 5.41) is 4.83. The molecule has 2 rings (SSSR count). The molecule has 0 bridgehead atoms. The third-order valence-corrected chi connectivity index (χ3v) is 2.64. The van der Waals surface area contributed by atoms with Gasteiger partial charge in [0.15, 0.2) is 0 Å². The molecule has 1 aliphatic heterocycles. The molecule has 0 unspecified atom stereocenters. The molecule has 72 valence electrons. The second kappa shape index (κ2) is 3.59. The third kappa shape index (κ3) is 1.74. The first-order chi connectivity index (χ1) is 6.66. The first kappa shape index (κ1) is 9.49. The van der Waals surface area contributed by atoms with Gasteiger partial charge in [0.2, 0.25) is 5.91 Å². The van der Waals surface area contributed by atoms with E-state index < -0.39 is 0 Å². The van der Waals surface area contributed by atoms with E-state index in [4.69, 9.17) is 23.2 Å². The molecule has 14 heavy (non-hydrogen) atoms. The molecule has 1 aliphatic rings. The van der Waals surface area contributed by atoms with Crippen LogP contribution in [0.4, 0.5) is 0 Å². The molecular weight excluding hydrogens is 223 g/mol. The van der Waals surface area contributed by atoms with Crippen molar-refractivity contribution in [3.8, 4) is 0 Å². The van der Waals surface area contributed by atoms with Crippen molar-refractivity contribution in [3.63, 3.8) is 0 Å². The van der Waals surface area contributed by atoms with E-state index in [1.165, 1.54) is 0 Å². The maximum absolute atomic E-state index is 10.9. The zero-order valence-electron chi connectivity index (χ0n) is 7.05. The van der Waals surface area contributed by atoms with Gasteiger partial charge < -0.3 is 0 Å². The molecule has 3 nitrogen and oxygen atoms in total. The van der Waals surface area contributed by atoms with Crippen molar-refractivity contribution < 1.29 is 4.79 Å². The van der Waals surface area contributed by atoms with E-state index in [2.05, 4.69) is 10.5 Å². The van der Waals surface area contributed by atoms with Crippen LogP contribution in [0.15, 0.2) is 23.3 Å². The average molecular weight is 229 g/mol. The van der Waals surface area contributed by atoms with Gasteiger partial charge in [-0.25, -0.2) is 5.43 Å². The first-order valence-corrected chi connectivity index (χ1v) is 4.73. The van der Waals surface area contributed by atoms with Crippen LogP contribution < -0.4 is 5.43 Å². The predicted molar refractivity (Wildman–Crippen MR) is 55.8 cm³/mol. The van der Waals surface area contributed by atoms with Crippen LogP contribution in [0.5, 0.6) is 0 Å². The molecule has 1 heterocycles. The van der Waals surface area contributed by atoms with Crippen LogP contribution in [0.25, 0.3) is 0 Å². The highest BCUT2D eigenvalue weighted by atomic mass is 35.5. The van der Waals surface area contributed by atoms with E-state index in [-0.39, 0.29) is 12.3 Å². The van der Waals surface area contributed by atoms with Crippen LogP contribution in [0, 0.1) is 0 Å². The van der Waals surface area contributed by atoms with Crippen LogP contribution in [0.1, 0.15) is 12.0 Å². The molecule has 0 aromatic heterocycles. The van der Waals surface area contributed by atoms with E-state index in [0.717, 1.165) is 5.56 Å². The van der Waals surface area contributed by atoms with Crippen molar-refractivity contribution in [2.45, 2.75) is 6.42 Å². The molecule has 1 aromatic rings. The van der Waals surface area contributed by atoms with Crippen molar-refractivity contribution in [2.75, 3.05) is 0 Å². The van der Waals surface area contributed by atoms with Gasteiger partial charge in [-0.3, -0.25) is 4.79 Å². The Morgan fingerprint density at radius 3 is 2.64 bits per heavy atom. The molecule has 1 amide bonds. The summed E-state index contributed by atoms with van der Waals surface area (Å²) in [6.07, 6.45) is 0.290. The minimum Gasteiger partial charge on any atom is -0.273 e. The summed E-state index contributed by atoms with van der Waals surface area (Å²) in [6, 6.07) is 5.17. The van der Waals surface area contributed by atoms with Crippen LogP contribution in [-0.2, 0) is 4.79 Å². The topological polar surface area (TPSA) is 41.5 Å². The van der Waals surface area contributed by atoms with Gasteiger partial charge in [0, 0.05) is 0 Å². The van der Waals surface area contributed by atoms with Gasteiger partial charge in [0.25, 0.3) is 0 Å². The quantitative estimate of drug-likeness (QED) is 0.788. The number of rotatable bonds is 1. The number of halogens is 2. The SMILES string of the molecule is O=C1CC(c2ccc(Cl)c(Cl)c2)=NN1. The summed E-state index contributed by atoms with van der Waals surface area (Å²) in [5.41, 5.74) is 3.88. The van der Waals surface area contributed by atoms with Crippen LogP contribution >= 0.6 is 23.2 Å². The average Bonchev–Trinajstić information content (AvgIpc) is 2.57. The molecule has 1 aromatic carbocycles. The first-order valence-electron chi connectivity index (χ1n) is 3.97. The smallest absolute Gasteiger partial charge is 0.246 e. The second-order valence-corrected chi connectivity index (χ2v) is 3.71. The Labute approximate surface area is 90.7 Å². The molecule has 0 saturated heterocycles. The zero-order valence-corrected chi connectivity index (χ0v) is 8.56. The summed E-state index contributed by atoms with van der Waals surface area (Å²) in [6.45, 7) is 0. The van der Waals surface area contributed by atoms with Crippen molar-refractivity contribution >= 4 is 34.8 Å². The molecule has 0 fully saturated rings. The monoisotopic (exact) mass is 228 g/mol. The molecular formula is C9H6Cl2N2O. The highest BCUT2D eigenvalue weighted by molar-refractivity contribution is 6.42. The maximum atomic E-state index is 10.9. The summed E-state index contributed by atoms with van der Waals surface area (Å²) < 4.78 is 0. The number of hydrogen-bond acceptors (Lipinski definition) is 2. The molecule has 5 heteroatoms. The van der Waals surface area contributed by atoms with Crippen molar-refractivity contribution in [1.29, 1.82) is 0 Å². The summed E-state index contributed by atoms with van der Waals surface area (Å²) in [7, 11) is 0. The number of hydrogen-bond donors (Lipinski definition) is 1. The zero-order chi connectivity index (χ0) is 10.1. The molecule has 0 radical (unpaired) electrons. The number of nitrogens with zero attached hydrogens (tertiary/aromatic N) is 1. The number of carbonyl (C=O) groups excluding carboxylic acids is 1. The number of nitrogens with one attached hydrogen (secondary N) is 1. The van der Waals surface area contributed by atoms with Gasteiger partial charge in [0.1, 0.15) is 0 Å². The summed E-state index contributed by atoms with van der Waals surface area (Å²) >= 11 is 11.6. The minimum absolute atomic E-state index is 0.105. The van der Waals surface area contributed by atoms with E-state index in [0.29, 0.717) is 15.8 Å².